The lowest BCUT2D eigenvalue weighted by Gasteiger charge is -2.09. The Kier molecular flexibility index (Phi) is 2.74. The zero-order valence-electron chi connectivity index (χ0n) is 7.08. The van der Waals surface area contributed by atoms with E-state index in [-0.39, 0.29) is 0 Å². The van der Waals surface area contributed by atoms with Crippen molar-refractivity contribution in [2.45, 2.75) is 6.36 Å². The summed E-state index contributed by atoms with van der Waals surface area (Å²) in [5.74, 6) is -2.85. The molecule has 0 atom stereocenters. The minimum Gasteiger partial charge on any atom is -0.508 e. The van der Waals surface area contributed by atoms with Crippen LogP contribution < -0.4 is 4.74 Å². The SMILES string of the molecule is O=C(O)c1cc(O)cc(OC(F)(F)F)c1. The number of hydrogen-bond acceptors (Lipinski definition) is 3. The van der Waals surface area contributed by atoms with E-state index in [1.165, 1.54) is 0 Å². The van der Waals surface area contributed by atoms with E-state index in [9.17, 15) is 18.0 Å². The zero-order chi connectivity index (χ0) is 11.6. The molecule has 0 heterocycles. The van der Waals surface area contributed by atoms with Crippen molar-refractivity contribution in [3.8, 4) is 11.5 Å². The van der Waals surface area contributed by atoms with E-state index in [0.29, 0.717) is 12.1 Å². The molecule has 15 heavy (non-hydrogen) atoms. The molecular formula is C8H5F3O4. The Morgan fingerprint density at radius 1 is 1.27 bits per heavy atom. The number of alkyl halides is 3. The van der Waals surface area contributed by atoms with Crippen LogP contribution in [0.4, 0.5) is 13.2 Å². The second-order valence-electron chi connectivity index (χ2n) is 2.57. The minimum absolute atomic E-state index is 0.491. The second kappa shape index (κ2) is 3.68. The van der Waals surface area contributed by atoms with Crippen LogP contribution in [0.3, 0.4) is 0 Å². The van der Waals surface area contributed by atoms with Crippen LogP contribution in [-0.4, -0.2) is 22.5 Å². The van der Waals surface area contributed by atoms with Crippen LogP contribution in [0.1, 0.15) is 10.4 Å². The third-order valence-electron chi connectivity index (χ3n) is 1.37. The lowest BCUT2D eigenvalue weighted by Crippen LogP contribution is -2.17. The minimum atomic E-state index is -4.93. The van der Waals surface area contributed by atoms with Gasteiger partial charge in [0.1, 0.15) is 11.5 Å². The molecular weight excluding hydrogens is 217 g/mol. The van der Waals surface area contributed by atoms with Crippen LogP contribution in [0, 0.1) is 0 Å². The number of phenolic OH excluding ortho intramolecular Hbond substituents is 1. The molecule has 1 aromatic rings. The van der Waals surface area contributed by atoms with Crippen molar-refractivity contribution in [1.82, 2.24) is 0 Å². The summed E-state index contributed by atoms with van der Waals surface area (Å²) < 4.78 is 38.7. The topological polar surface area (TPSA) is 66.8 Å². The Labute approximate surface area is 81.5 Å². The van der Waals surface area contributed by atoms with Crippen LogP contribution in [0.5, 0.6) is 11.5 Å². The number of hydrogen-bond donors (Lipinski definition) is 2. The highest BCUT2D eigenvalue weighted by Gasteiger charge is 2.31. The lowest BCUT2D eigenvalue weighted by atomic mass is 10.2. The number of aromatic carboxylic acids is 1. The van der Waals surface area contributed by atoms with Gasteiger partial charge in [0, 0.05) is 6.07 Å². The Morgan fingerprint density at radius 3 is 2.33 bits per heavy atom. The number of rotatable bonds is 2. The fourth-order valence-electron chi connectivity index (χ4n) is 0.899. The molecule has 0 aliphatic rings. The van der Waals surface area contributed by atoms with Gasteiger partial charge in [-0.1, -0.05) is 0 Å². The normalized spacial score (nSPS) is 11.1. The highest BCUT2D eigenvalue weighted by Crippen LogP contribution is 2.27. The number of carboxylic acids is 1. The largest absolute Gasteiger partial charge is 0.573 e. The van der Waals surface area contributed by atoms with Gasteiger partial charge in [-0.15, -0.1) is 13.2 Å². The molecule has 0 unspecified atom stereocenters. The summed E-state index contributed by atoms with van der Waals surface area (Å²) in [6, 6.07) is 2.14. The monoisotopic (exact) mass is 222 g/mol. The van der Waals surface area contributed by atoms with Crippen LogP contribution in [0.15, 0.2) is 18.2 Å². The van der Waals surface area contributed by atoms with Crippen molar-refractivity contribution in [2.75, 3.05) is 0 Å². The van der Waals surface area contributed by atoms with Gasteiger partial charge in [-0.05, 0) is 12.1 Å². The van der Waals surface area contributed by atoms with Crippen molar-refractivity contribution in [3.05, 3.63) is 23.8 Å². The standard InChI is InChI=1S/C8H5F3O4/c9-8(10,11)15-6-2-4(7(13)14)1-5(12)3-6/h1-3,12H,(H,13,14). The smallest absolute Gasteiger partial charge is 0.508 e. The van der Waals surface area contributed by atoms with Crippen LogP contribution in [0.25, 0.3) is 0 Å². The van der Waals surface area contributed by atoms with E-state index in [2.05, 4.69) is 4.74 Å². The Bertz CT molecular complexity index is 386. The quantitative estimate of drug-likeness (QED) is 0.802. The van der Waals surface area contributed by atoms with Crippen LogP contribution >= 0.6 is 0 Å². The summed E-state index contributed by atoms with van der Waals surface area (Å²) in [6.07, 6.45) is -4.93. The molecule has 0 aliphatic carbocycles. The molecule has 0 bridgehead atoms. The maximum atomic E-state index is 11.8. The first kappa shape index (κ1) is 11.2. The van der Waals surface area contributed by atoms with Crippen molar-refractivity contribution in [1.29, 1.82) is 0 Å². The van der Waals surface area contributed by atoms with E-state index in [1.807, 2.05) is 0 Å². The summed E-state index contributed by atoms with van der Waals surface area (Å²) in [6.45, 7) is 0. The number of benzene rings is 1. The summed E-state index contributed by atoms with van der Waals surface area (Å²) in [5, 5.41) is 17.4. The van der Waals surface area contributed by atoms with E-state index >= 15 is 0 Å². The number of phenols is 1. The Hall–Kier alpha value is -1.92. The van der Waals surface area contributed by atoms with Gasteiger partial charge in [0.25, 0.3) is 0 Å². The van der Waals surface area contributed by atoms with Crippen molar-refractivity contribution in [2.24, 2.45) is 0 Å². The van der Waals surface area contributed by atoms with E-state index < -0.39 is 29.4 Å². The van der Waals surface area contributed by atoms with E-state index in [0.717, 1.165) is 6.07 Å². The first-order valence-electron chi connectivity index (χ1n) is 3.61. The van der Waals surface area contributed by atoms with Gasteiger partial charge < -0.3 is 14.9 Å². The molecule has 0 radical (unpaired) electrons. The Balaban J connectivity index is 3.04. The van der Waals surface area contributed by atoms with Gasteiger partial charge in [0.05, 0.1) is 5.56 Å². The predicted molar refractivity (Wildman–Crippen MR) is 41.7 cm³/mol. The van der Waals surface area contributed by atoms with Crippen LogP contribution in [-0.2, 0) is 0 Å². The van der Waals surface area contributed by atoms with Gasteiger partial charge in [0.15, 0.2) is 0 Å². The van der Waals surface area contributed by atoms with Crippen LogP contribution in [0.2, 0.25) is 0 Å². The average molecular weight is 222 g/mol. The van der Waals surface area contributed by atoms with Crippen molar-refractivity contribution < 1.29 is 32.9 Å². The fourth-order valence-corrected chi connectivity index (χ4v) is 0.899. The van der Waals surface area contributed by atoms with Gasteiger partial charge in [-0.3, -0.25) is 0 Å². The number of carboxylic acid groups (broad SMARTS) is 1. The highest BCUT2D eigenvalue weighted by atomic mass is 19.4. The van der Waals surface area contributed by atoms with Gasteiger partial charge in [0.2, 0.25) is 0 Å². The highest BCUT2D eigenvalue weighted by molar-refractivity contribution is 5.88. The van der Waals surface area contributed by atoms with E-state index in [1.54, 1.807) is 0 Å². The number of ether oxygens (including phenoxy) is 1. The molecule has 0 aromatic heterocycles. The predicted octanol–water partition coefficient (Wildman–Crippen LogP) is 1.99. The van der Waals surface area contributed by atoms with Crippen molar-refractivity contribution >= 4 is 5.97 Å². The summed E-state index contributed by atoms with van der Waals surface area (Å²) in [5.41, 5.74) is -0.491. The Morgan fingerprint density at radius 2 is 1.87 bits per heavy atom. The average Bonchev–Trinajstić information content (AvgIpc) is 1.99. The first-order chi connectivity index (χ1) is 6.78. The molecule has 1 aromatic carbocycles. The molecule has 0 saturated heterocycles. The molecule has 1 rings (SSSR count). The number of halogens is 3. The molecule has 0 fully saturated rings. The molecule has 0 aliphatic heterocycles. The van der Waals surface area contributed by atoms with Gasteiger partial charge >= 0.3 is 12.3 Å². The lowest BCUT2D eigenvalue weighted by molar-refractivity contribution is -0.274. The summed E-state index contributed by atoms with van der Waals surface area (Å²) >= 11 is 0. The fraction of sp³-hybridized carbons (Fsp3) is 0.125. The molecule has 82 valence electrons. The molecule has 0 spiro atoms. The molecule has 4 nitrogen and oxygen atoms in total. The number of carbonyl (C=O) groups is 1. The van der Waals surface area contributed by atoms with Gasteiger partial charge in [-0.2, -0.15) is 0 Å². The maximum Gasteiger partial charge on any atom is 0.573 e. The van der Waals surface area contributed by atoms with E-state index in [4.69, 9.17) is 10.2 Å². The first-order valence-corrected chi connectivity index (χ1v) is 3.61. The maximum absolute atomic E-state index is 11.8. The van der Waals surface area contributed by atoms with Gasteiger partial charge in [-0.25, -0.2) is 4.79 Å². The summed E-state index contributed by atoms with van der Waals surface area (Å²) in [4.78, 5) is 10.4. The summed E-state index contributed by atoms with van der Waals surface area (Å²) in [7, 11) is 0. The zero-order valence-corrected chi connectivity index (χ0v) is 7.08. The molecule has 2 N–H and O–H groups in total. The molecule has 7 heteroatoms. The third-order valence-corrected chi connectivity index (χ3v) is 1.37. The molecule has 0 saturated carbocycles. The van der Waals surface area contributed by atoms with Crippen molar-refractivity contribution in [3.63, 3.8) is 0 Å². The second-order valence-corrected chi connectivity index (χ2v) is 2.57. The number of aromatic hydroxyl groups is 1. The third kappa shape index (κ3) is 3.37. The molecule has 0 amide bonds.